The minimum atomic E-state index is 0.113. The van der Waals surface area contributed by atoms with Crippen LogP contribution in [0.25, 0.3) is 0 Å². The van der Waals surface area contributed by atoms with Crippen LogP contribution in [-0.4, -0.2) is 4.87 Å². The first-order chi connectivity index (χ1) is 7.68. The van der Waals surface area contributed by atoms with Crippen LogP contribution in [0.5, 0.6) is 0 Å². The average Bonchev–Trinajstić information content (AvgIpc) is 2.31. The van der Waals surface area contributed by atoms with E-state index < -0.39 is 0 Å². The highest BCUT2D eigenvalue weighted by molar-refractivity contribution is 6.23. The highest BCUT2D eigenvalue weighted by Gasteiger charge is 2.23. The van der Waals surface area contributed by atoms with Gasteiger partial charge < -0.3 is 0 Å². The van der Waals surface area contributed by atoms with Crippen molar-refractivity contribution in [2.24, 2.45) is 0 Å². The van der Waals surface area contributed by atoms with Gasteiger partial charge in [-0.1, -0.05) is 72.1 Å². The number of hydrogen-bond acceptors (Lipinski definition) is 0. The zero-order chi connectivity index (χ0) is 12.3. The Hall–Kier alpha value is 0.290. The lowest BCUT2D eigenvalue weighted by Crippen LogP contribution is -2.20. The maximum atomic E-state index is 6.68. The minimum Gasteiger partial charge on any atom is -0.119 e. The lowest BCUT2D eigenvalue weighted by molar-refractivity contribution is 0.427. The van der Waals surface area contributed by atoms with Crippen LogP contribution in [0.2, 0.25) is 0 Å². The number of hydrogen-bond donors (Lipinski definition) is 0. The van der Waals surface area contributed by atoms with Gasteiger partial charge in [0.15, 0.2) is 0 Å². The summed E-state index contributed by atoms with van der Waals surface area (Å²) >= 11 is 6.68. The second kappa shape index (κ2) is 10.4. The largest absolute Gasteiger partial charge is 0.119 e. The first-order valence-corrected chi connectivity index (χ1v) is 7.75. The zero-order valence-corrected chi connectivity index (χ0v) is 12.4. The van der Waals surface area contributed by atoms with Crippen molar-refractivity contribution >= 4 is 11.6 Å². The third-order valence-electron chi connectivity index (χ3n) is 3.59. The molecule has 0 amide bonds. The van der Waals surface area contributed by atoms with E-state index in [2.05, 4.69) is 20.8 Å². The van der Waals surface area contributed by atoms with Gasteiger partial charge in [0.05, 0.1) is 0 Å². The Balaban J connectivity index is 3.64. The van der Waals surface area contributed by atoms with Crippen LogP contribution in [0.1, 0.15) is 91.4 Å². The van der Waals surface area contributed by atoms with E-state index in [1.807, 2.05) is 0 Å². The summed E-state index contributed by atoms with van der Waals surface area (Å²) in [6, 6.07) is 0. The first kappa shape index (κ1) is 16.3. The molecule has 98 valence electrons. The monoisotopic (exact) mass is 246 g/mol. The van der Waals surface area contributed by atoms with Crippen LogP contribution in [0.4, 0.5) is 0 Å². The predicted octanol–water partition coefficient (Wildman–Crippen LogP) is 6.31. The van der Waals surface area contributed by atoms with E-state index in [9.17, 15) is 0 Å². The molecule has 0 aromatic carbocycles. The molecule has 0 bridgehead atoms. The van der Waals surface area contributed by atoms with Crippen LogP contribution >= 0.6 is 11.6 Å². The van der Waals surface area contributed by atoms with E-state index in [0.29, 0.717) is 0 Å². The second-order valence-corrected chi connectivity index (χ2v) is 5.93. The Morgan fingerprint density at radius 1 is 0.688 bits per heavy atom. The van der Waals surface area contributed by atoms with E-state index in [4.69, 9.17) is 11.6 Å². The Bertz CT molecular complexity index is 130. The predicted molar refractivity (Wildman–Crippen MR) is 76.4 cm³/mol. The third kappa shape index (κ3) is 8.44. The normalized spacial score (nSPS) is 12.0. The van der Waals surface area contributed by atoms with Gasteiger partial charge in [-0.3, -0.25) is 0 Å². The van der Waals surface area contributed by atoms with Crippen LogP contribution in [0, 0.1) is 0 Å². The van der Waals surface area contributed by atoms with Crippen LogP contribution < -0.4 is 0 Å². The van der Waals surface area contributed by atoms with Gasteiger partial charge in [0.2, 0.25) is 0 Å². The summed E-state index contributed by atoms with van der Waals surface area (Å²) < 4.78 is 0. The molecule has 0 N–H and O–H groups in total. The Morgan fingerprint density at radius 3 is 1.44 bits per heavy atom. The molecule has 1 heteroatoms. The fourth-order valence-corrected chi connectivity index (χ4v) is 2.48. The summed E-state index contributed by atoms with van der Waals surface area (Å²) in [5.74, 6) is 0. The highest BCUT2D eigenvalue weighted by atomic mass is 35.5. The summed E-state index contributed by atoms with van der Waals surface area (Å²) in [5, 5.41) is 0. The van der Waals surface area contributed by atoms with Gasteiger partial charge >= 0.3 is 0 Å². The van der Waals surface area contributed by atoms with Crippen molar-refractivity contribution in [3.05, 3.63) is 0 Å². The molecule has 0 aromatic rings. The summed E-state index contributed by atoms with van der Waals surface area (Å²) in [5.41, 5.74) is 0. The molecule has 0 nitrogen and oxygen atoms in total. The van der Waals surface area contributed by atoms with Gasteiger partial charge in [-0.25, -0.2) is 0 Å². The van der Waals surface area contributed by atoms with Gasteiger partial charge in [0.1, 0.15) is 0 Å². The third-order valence-corrected chi connectivity index (χ3v) is 4.24. The first-order valence-electron chi connectivity index (χ1n) is 7.37. The molecule has 0 rings (SSSR count). The minimum absolute atomic E-state index is 0.113. The molecule has 0 heterocycles. The summed E-state index contributed by atoms with van der Waals surface area (Å²) in [6.07, 6.45) is 14.3. The fourth-order valence-electron chi connectivity index (χ4n) is 2.22. The lowest BCUT2D eigenvalue weighted by Gasteiger charge is -2.25. The molecule has 0 aliphatic heterocycles. The van der Waals surface area contributed by atoms with Gasteiger partial charge in [-0.15, -0.1) is 11.6 Å². The maximum absolute atomic E-state index is 6.68. The SMILES string of the molecule is CCCCCCC(Cl)(CC)CCCCCC. The topological polar surface area (TPSA) is 0 Å². The van der Waals surface area contributed by atoms with Crippen LogP contribution in [0.3, 0.4) is 0 Å². The molecular formula is C15H31Cl. The average molecular weight is 247 g/mol. The van der Waals surface area contributed by atoms with Crippen LogP contribution in [0.15, 0.2) is 0 Å². The standard InChI is InChI=1S/C15H31Cl/c1-4-7-9-11-13-15(16,6-3)14-12-10-8-5-2/h4-14H2,1-3H3. The van der Waals surface area contributed by atoms with Gasteiger partial charge in [0.25, 0.3) is 0 Å². The molecule has 0 radical (unpaired) electrons. The molecule has 16 heavy (non-hydrogen) atoms. The van der Waals surface area contributed by atoms with Crippen molar-refractivity contribution in [1.82, 2.24) is 0 Å². The Labute approximate surface area is 108 Å². The molecule has 0 aliphatic rings. The molecule has 0 aliphatic carbocycles. The van der Waals surface area contributed by atoms with E-state index in [0.717, 1.165) is 6.42 Å². The Morgan fingerprint density at radius 2 is 1.12 bits per heavy atom. The quantitative estimate of drug-likeness (QED) is 0.296. The summed E-state index contributed by atoms with van der Waals surface area (Å²) in [7, 11) is 0. The molecule has 0 aromatic heterocycles. The summed E-state index contributed by atoms with van der Waals surface area (Å²) in [6.45, 7) is 6.77. The van der Waals surface area contributed by atoms with Gasteiger partial charge in [0, 0.05) is 4.87 Å². The van der Waals surface area contributed by atoms with Gasteiger partial charge in [-0.05, 0) is 19.3 Å². The van der Waals surface area contributed by atoms with E-state index >= 15 is 0 Å². The molecule has 0 atom stereocenters. The van der Waals surface area contributed by atoms with Crippen molar-refractivity contribution in [2.45, 2.75) is 96.3 Å². The highest BCUT2D eigenvalue weighted by Crippen LogP contribution is 2.32. The molecule has 0 saturated carbocycles. The Kier molecular flexibility index (Phi) is 10.6. The molecule has 0 fully saturated rings. The van der Waals surface area contributed by atoms with E-state index in [-0.39, 0.29) is 4.87 Å². The molecular weight excluding hydrogens is 216 g/mol. The van der Waals surface area contributed by atoms with E-state index in [1.165, 1.54) is 64.2 Å². The van der Waals surface area contributed by atoms with Crippen molar-refractivity contribution in [3.8, 4) is 0 Å². The van der Waals surface area contributed by atoms with E-state index in [1.54, 1.807) is 0 Å². The number of halogens is 1. The smallest absolute Gasteiger partial charge is 0.0444 e. The second-order valence-electron chi connectivity index (χ2n) is 5.13. The molecule has 0 spiro atoms. The lowest BCUT2D eigenvalue weighted by atomic mass is 9.91. The van der Waals surface area contributed by atoms with Crippen molar-refractivity contribution in [1.29, 1.82) is 0 Å². The maximum Gasteiger partial charge on any atom is 0.0444 e. The number of rotatable bonds is 11. The van der Waals surface area contributed by atoms with Crippen molar-refractivity contribution in [2.75, 3.05) is 0 Å². The summed E-state index contributed by atoms with van der Waals surface area (Å²) in [4.78, 5) is 0.113. The van der Waals surface area contributed by atoms with Crippen molar-refractivity contribution in [3.63, 3.8) is 0 Å². The van der Waals surface area contributed by atoms with Gasteiger partial charge in [-0.2, -0.15) is 0 Å². The van der Waals surface area contributed by atoms with Crippen LogP contribution in [-0.2, 0) is 0 Å². The zero-order valence-electron chi connectivity index (χ0n) is 11.7. The molecule has 0 saturated heterocycles. The van der Waals surface area contributed by atoms with Crippen molar-refractivity contribution < 1.29 is 0 Å². The fraction of sp³-hybridized carbons (Fsp3) is 1.00. The number of alkyl halides is 1. The number of unbranched alkanes of at least 4 members (excludes halogenated alkanes) is 6. The molecule has 0 unspecified atom stereocenters.